The molecule has 23 heavy (non-hydrogen) atoms. The molecular weight excluding hydrogens is 299 g/mol. The minimum Gasteiger partial charge on any atom is -0.403 e. The molecule has 2 rings (SSSR count). The number of hydrogen-bond donors (Lipinski definition) is 1. The SMILES string of the molecule is CC1(C)OB(CC[C@H]2C[C@@](N)(C=O)C[C@@H]2C[N+](=O)[O-])OC1(C)C. The molecule has 2 N–H and O–H groups in total. The summed E-state index contributed by atoms with van der Waals surface area (Å²) in [5.41, 5.74) is 4.34. The molecule has 1 saturated heterocycles. The third kappa shape index (κ3) is 3.92. The molecule has 0 aromatic heterocycles. The predicted molar refractivity (Wildman–Crippen MR) is 86.6 cm³/mol. The molecule has 1 aliphatic carbocycles. The number of aldehydes is 1. The number of rotatable bonds is 6. The van der Waals surface area contributed by atoms with Crippen LogP contribution in [-0.4, -0.2) is 41.6 Å². The van der Waals surface area contributed by atoms with Crippen molar-refractivity contribution in [3.63, 3.8) is 0 Å². The summed E-state index contributed by atoms with van der Waals surface area (Å²) in [6.07, 6.45) is 2.98. The average Bonchev–Trinajstić information content (AvgIpc) is 2.81. The topological polar surface area (TPSA) is 105 Å². The zero-order valence-electron chi connectivity index (χ0n) is 14.4. The summed E-state index contributed by atoms with van der Waals surface area (Å²) in [6, 6.07) is 0. The van der Waals surface area contributed by atoms with E-state index in [1.165, 1.54) is 0 Å². The van der Waals surface area contributed by atoms with E-state index in [9.17, 15) is 14.9 Å². The Labute approximate surface area is 137 Å². The van der Waals surface area contributed by atoms with Crippen LogP contribution in [0.3, 0.4) is 0 Å². The summed E-state index contributed by atoms with van der Waals surface area (Å²) in [5, 5.41) is 10.9. The summed E-state index contributed by atoms with van der Waals surface area (Å²) in [5.74, 6) is -0.114. The highest BCUT2D eigenvalue weighted by atomic mass is 16.7. The summed E-state index contributed by atoms with van der Waals surface area (Å²) >= 11 is 0. The smallest absolute Gasteiger partial charge is 0.403 e. The van der Waals surface area contributed by atoms with Gasteiger partial charge in [0.05, 0.1) is 16.7 Å². The first kappa shape index (κ1) is 18.4. The molecule has 1 aliphatic heterocycles. The largest absolute Gasteiger partial charge is 0.457 e. The van der Waals surface area contributed by atoms with Crippen molar-refractivity contribution in [2.24, 2.45) is 17.6 Å². The molecule has 0 spiro atoms. The van der Waals surface area contributed by atoms with Crippen LogP contribution in [0.15, 0.2) is 0 Å². The summed E-state index contributed by atoms with van der Waals surface area (Å²) in [4.78, 5) is 21.7. The molecule has 7 nitrogen and oxygen atoms in total. The Balaban J connectivity index is 1.96. The first-order valence-electron chi connectivity index (χ1n) is 8.21. The highest BCUT2D eigenvalue weighted by molar-refractivity contribution is 6.45. The molecule has 0 bridgehead atoms. The van der Waals surface area contributed by atoms with Gasteiger partial charge >= 0.3 is 7.12 Å². The third-order valence-corrected chi connectivity index (χ3v) is 5.64. The number of hydrogen-bond acceptors (Lipinski definition) is 6. The van der Waals surface area contributed by atoms with Crippen molar-refractivity contribution in [2.75, 3.05) is 6.54 Å². The number of nitrogens with two attached hydrogens (primary N) is 1. The quantitative estimate of drug-likeness (QED) is 0.344. The maximum absolute atomic E-state index is 11.2. The maximum atomic E-state index is 11.2. The molecule has 8 heteroatoms. The molecule has 0 unspecified atom stereocenters. The van der Waals surface area contributed by atoms with Crippen LogP contribution < -0.4 is 5.73 Å². The molecule has 2 aliphatic rings. The number of nitrogens with zero attached hydrogens (tertiary/aromatic N) is 1. The zero-order chi connectivity index (χ0) is 17.5. The Morgan fingerprint density at radius 3 is 2.22 bits per heavy atom. The van der Waals surface area contributed by atoms with Gasteiger partial charge in [0.15, 0.2) is 0 Å². The van der Waals surface area contributed by atoms with Gasteiger partial charge in [0.25, 0.3) is 0 Å². The van der Waals surface area contributed by atoms with Crippen LogP contribution in [-0.2, 0) is 14.1 Å². The number of nitro groups is 1. The molecule has 1 saturated carbocycles. The van der Waals surface area contributed by atoms with Crippen molar-refractivity contribution in [3.8, 4) is 0 Å². The van der Waals surface area contributed by atoms with E-state index in [4.69, 9.17) is 15.0 Å². The standard InChI is InChI=1S/C15H27BN2O5/c1-13(2)14(3,4)23-16(22-13)6-5-11-7-15(17,10-19)8-12(11)9-18(20)21/h10-12H,5-9,17H2,1-4H3/t11-,12+,15-/m0/s1. The molecule has 0 aromatic carbocycles. The second-order valence-electron chi connectivity index (χ2n) is 8.06. The lowest BCUT2D eigenvalue weighted by Crippen LogP contribution is -2.41. The molecule has 2 fully saturated rings. The van der Waals surface area contributed by atoms with Crippen LogP contribution in [0.1, 0.15) is 47.0 Å². The van der Waals surface area contributed by atoms with E-state index in [-0.39, 0.29) is 41.6 Å². The fraction of sp³-hybridized carbons (Fsp3) is 0.933. The second-order valence-corrected chi connectivity index (χ2v) is 8.06. The van der Waals surface area contributed by atoms with E-state index in [1.54, 1.807) is 0 Å². The number of carbonyl (C=O) groups excluding carboxylic acids is 1. The van der Waals surface area contributed by atoms with Crippen molar-refractivity contribution in [2.45, 2.75) is 70.0 Å². The van der Waals surface area contributed by atoms with E-state index < -0.39 is 5.54 Å². The van der Waals surface area contributed by atoms with Crippen LogP contribution in [0, 0.1) is 22.0 Å². The third-order valence-electron chi connectivity index (χ3n) is 5.64. The molecule has 0 aromatic rings. The van der Waals surface area contributed by atoms with Gasteiger partial charge in [-0.3, -0.25) is 10.1 Å². The highest BCUT2D eigenvalue weighted by Gasteiger charge is 2.51. The fourth-order valence-electron chi connectivity index (χ4n) is 3.67. The summed E-state index contributed by atoms with van der Waals surface area (Å²) < 4.78 is 11.9. The average molecular weight is 326 g/mol. The second kappa shape index (κ2) is 6.14. The minimum atomic E-state index is -0.929. The monoisotopic (exact) mass is 326 g/mol. The maximum Gasteiger partial charge on any atom is 0.457 e. The van der Waals surface area contributed by atoms with Gasteiger partial charge in [-0.2, -0.15) is 0 Å². The van der Waals surface area contributed by atoms with Crippen molar-refractivity contribution in [3.05, 3.63) is 10.1 Å². The Morgan fingerprint density at radius 1 is 1.22 bits per heavy atom. The molecule has 0 radical (unpaired) electrons. The Kier molecular flexibility index (Phi) is 4.90. The molecular formula is C15H27BN2O5. The van der Waals surface area contributed by atoms with E-state index in [0.717, 1.165) is 6.29 Å². The van der Waals surface area contributed by atoms with Crippen molar-refractivity contribution >= 4 is 13.4 Å². The van der Waals surface area contributed by atoms with Crippen LogP contribution >= 0.6 is 0 Å². The zero-order valence-corrected chi connectivity index (χ0v) is 14.4. The lowest BCUT2D eigenvalue weighted by molar-refractivity contribution is -0.489. The highest BCUT2D eigenvalue weighted by Crippen LogP contribution is 2.42. The van der Waals surface area contributed by atoms with Gasteiger partial charge in [0.1, 0.15) is 6.29 Å². The fourth-order valence-corrected chi connectivity index (χ4v) is 3.67. The first-order valence-corrected chi connectivity index (χ1v) is 8.21. The van der Waals surface area contributed by atoms with Gasteiger partial charge in [-0.05, 0) is 52.8 Å². The van der Waals surface area contributed by atoms with Crippen molar-refractivity contribution < 1.29 is 19.0 Å². The molecule has 130 valence electrons. The lowest BCUT2D eigenvalue weighted by atomic mass is 9.77. The van der Waals surface area contributed by atoms with Gasteiger partial charge < -0.3 is 19.8 Å². The molecule has 3 atom stereocenters. The summed E-state index contributed by atoms with van der Waals surface area (Å²) in [7, 11) is -0.319. The van der Waals surface area contributed by atoms with Gasteiger partial charge in [-0.1, -0.05) is 6.42 Å². The molecule has 0 amide bonds. The van der Waals surface area contributed by atoms with Gasteiger partial charge in [0.2, 0.25) is 6.54 Å². The Hall–Kier alpha value is -0.985. The van der Waals surface area contributed by atoms with Crippen molar-refractivity contribution in [1.29, 1.82) is 0 Å². The van der Waals surface area contributed by atoms with Gasteiger partial charge in [0, 0.05) is 10.8 Å². The van der Waals surface area contributed by atoms with E-state index in [1.807, 2.05) is 27.7 Å². The van der Waals surface area contributed by atoms with Crippen LogP contribution in [0.25, 0.3) is 0 Å². The van der Waals surface area contributed by atoms with Gasteiger partial charge in [-0.25, -0.2) is 0 Å². The van der Waals surface area contributed by atoms with E-state index in [0.29, 0.717) is 25.6 Å². The molecule has 1 heterocycles. The Morgan fingerprint density at radius 2 is 1.74 bits per heavy atom. The number of carbonyl (C=O) groups is 1. The van der Waals surface area contributed by atoms with E-state index in [2.05, 4.69) is 0 Å². The van der Waals surface area contributed by atoms with Crippen LogP contribution in [0.4, 0.5) is 0 Å². The normalized spacial score (nSPS) is 35.4. The Bertz CT molecular complexity index is 468. The van der Waals surface area contributed by atoms with E-state index >= 15 is 0 Å². The van der Waals surface area contributed by atoms with Crippen LogP contribution in [0.5, 0.6) is 0 Å². The lowest BCUT2D eigenvalue weighted by Gasteiger charge is -2.32. The first-order chi connectivity index (χ1) is 10.5. The predicted octanol–water partition coefficient (Wildman–Crippen LogP) is 1.67. The van der Waals surface area contributed by atoms with Crippen molar-refractivity contribution in [1.82, 2.24) is 0 Å². The summed E-state index contributed by atoms with van der Waals surface area (Å²) in [6.45, 7) is 7.84. The van der Waals surface area contributed by atoms with Crippen LogP contribution in [0.2, 0.25) is 6.32 Å². The minimum absolute atomic E-state index is 0.0506. The van der Waals surface area contributed by atoms with Gasteiger partial charge in [-0.15, -0.1) is 0 Å².